The second kappa shape index (κ2) is 7.11. The Morgan fingerprint density at radius 2 is 1.90 bits per heavy atom. The standard InChI is InChI=1S/C16H16BrClO2/c1-20-13-6-2-11(3-7-13)4-9-16(19)12-5-8-14(17)15(18)10-12/h2-3,5-8,10,16,19H,4,9H2,1H3. The van der Waals surface area contributed by atoms with Gasteiger partial charge in [0.15, 0.2) is 0 Å². The van der Waals surface area contributed by atoms with Gasteiger partial charge in [-0.15, -0.1) is 0 Å². The lowest BCUT2D eigenvalue weighted by molar-refractivity contribution is 0.168. The van der Waals surface area contributed by atoms with E-state index in [1.54, 1.807) is 13.2 Å². The van der Waals surface area contributed by atoms with E-state index >= 15 is 0 Å². The quantitative estimate of drug-likeness (QED) is 0.836. The predicted molar refractivity (Wildman–Crippen MR) is 85.4 cm³/mol. The third kappa shape index (κ3) is 3.98. The highest BCUT2D eigenvalue weighted by atomic mass is 79.9. The lowest BCUT2D eigenvalue weighted by atomic mass is 10.0. The first-order valence-electron chi connectivity index (χ1n) is 6.36. The summed E-state index contributed by atoms with van der Waals surface area (Å²) < 4.78 is 5.96. The van der Waals surface area contributed by atoms with Gasteiger partial charge in [0, 0.05) is 4.47 Å². The zero-order chi connectivity index (χ0) is 14.5. The van der Waals surface area contributed by atoms with Gasteiger partial charge in [0.25, 0.3) is 0 Å². The van der Waals surface area contributed by atoms with Crippen LogP contribution in [0.25, 0.3) is 0 Å². The number of benzene rings is 2. The molecule has 0 heterocycles. The molecule has 0 aliphatic rings. The highest BCUT2D eigenvalue weighted by Crippen LogP contribution is 2.28. The van der Waals surface area contributed by atoms with Gasteiger partial charge in [0.05, 0.1) is 18.2 Å². The first-order chi connectivity index (χ1) is 9.60. The molecule has 0 aromatic heterocycles. The van der Waals surface area contributed by atoms with Crippen molar-refractivity contribution in [1.29, 1.82) is 0 Å². The van der Waals surface area contributed by atoms with Crippen molar-refractivity contribution in [2.45, 2.75) is 18.9 Å². The number of aryl methyl sites for hydroxylation is 1. The maximum atomic E-state index is 10.2. The highest BCUT2D eigenvalue weighted by Gasteiger charge is 2.09. The summed E-state index contributed by atoms with van der Waals surface area (Å²) in [6.45, 7) is 0. The summed E-state index contributed by atoms with van der Waals surface area (Å²) in [6.07, 6.45) is 0.950. The molecule has 2 aromatic rings. The van der Waals surface area contributed by atoms with Crippen LogP contribution in [0.5, 0.6) is 5.75 Å². The van der Waals surface area contributed by atoms with Crippen molar-refractivity contribution in [1.82, 2.24) is 0 Å². The van der Waals surface area contributed by atoms with Gasteiger partial charge in [-0.05, 0) is 64.2 Å². The summed E-state index contributed by atoms with van der Waals surface area (Å²) in [4.78, 5) is 0. The largest absolute Gasteiger partial charge is 0.497 e. The SMILES string of the molecule is COc1ccc(CCC(O)c2ccc(Br)c(Cl)c2)cc1. The van der Waals surface area contributed by atoms with Gasteiger partial charge in [-0.1, -0.05) is 29.8 Å². The normalized spacial score (nSPS) is 12.2. The number of methoxy groups -OCH3 is 1. The number of hydrogen-bond acceptors (Lipinski definition) is 2. The number of aliphatic hydroxyl groups is 1. The molecule has 0 radical (unpaired) electrons. The molecular weight excluding hydrogens is 340 g/mol. The van der Waals surface area contributed by atoms with E-state index in [4.69, 9.17) is 16.3 Å². The van der Waals surface area contributed by atoms with E-state index in [1.165, 1.54) is 5.56 Å². The summed E-state index contributed by atoms with van der Waals surface area (Å²) in [7, 11) is 1.65. The molecule has 1 unspecified atom stereocenters. The summed E-state index contributed by atoms with van der Waals surface area (Å²) in [5.74, 6) is 0.842. The molecule has 0 aliphatic heterocycles. The maximum absolute atomic E-state index is 10.2. The predicted octanol–water partition coefficient (Wildman–Crippen LogP) is 4.78. The number of rotatable bonds is 5. The fourth-order valence-corrected chi connectivity index (χ4v) is 2.42. The molecule has 0 amide bonds. The Labute approximate surface area is 132 Å². The molecule has 0 saturated heterocycles. The Morgan fingerprint density at radius 3 is 2.50 bits per heavy atom. The number of aliphatic hydroxyl groups excluding tert-OH is 1. The Kier molecular flexibility index (Phi) is 5.46. The second-order valence-electron chi connectivity index (χ2n) is 4.58. The average molecular weight is 356 g/mol. The minimum Gasteiger partial charge on any atom is -0.497 e. The summed E-state index contributed by atoms with van der Waals surface area (Å²) >= 11 is 9.38. The van der Waals surface area contributed by atoms with Crippen LogP contribution in [0.2, 0.25) is 5.02 Å². The molecule has 1 atom stereocenters. The van der Waals surface area contributed by atoms with E-state index in [2.05, 4.69) is 15.9 Å². The van der Waals surface area contributed by atoms with E-state index in [0.717, 1.165) is 22.2 Å². The van der Waals surface area contributed by atoms with Gasteiger partial charge in [-0.25, -0.2) is 0 Å². The van der Waals surface area contributed by atoms with Crippen LogP contribution >= 0.6 is 27.5 Å². The fourth-order valence-electron chi connectivity index (χ4n) is 1.98. The highest BCUT2D eigenvalue weighted by molar-refractivity contribution is 9.10. The van der Waals surface area contributed by atoms with Crippen LogP contribution in [0.3, 0.4) is 0 Å². The van der Waals surface area contributed by atoms with E-state index in [9.17, 15) is 5.11 Å². The smallest absolute Gasteiger partial charge is 0.118 e. The molecule has 4 heteroatoms. The number of halogens is 2. The fraction of sp³-hybridized carbons (Fsp3) is 0.250. The maximum Gasteiger partial charge on any atom is 0.118 e. The molecule has 0 saturated carbocycles. The van der Waals surface area contributed by atoms with Crippen LogP contribution in [0.15, 0.2) is 46.9 Å². The van der Waals surface area contributed by atoms with E-state index in [-0.39, 0.29) is 0 Å². The minimum atomic E-state index is -0.511. The lowest BCUT2D eigenvalue weighted by Gasteiger charge is -2.12. The van der Waals surface area contributed by atoms with Gasteiger partial charge < -0.3 is 9.84 Å². The van der Waals surface area contributed by atoms with Gasteiger partial charge in [-0.3, -0.25) is 0 Å². The van der Waals surface area contributed by atoms with Crippen molar-refractivity contribution in [3.63, 3.8) is 0 Å². The van der Waals surface area contributed by atoms with Gasteiger partial charge >= 0.3 is 0 Å². The Hall–Kier alpha value is -1.03. The summed E-state index contributed by atoms with van der Waals surface area (Å²) in [5, 5.41) is 10.8. The average Bonchev–Trinajstić information content (AvgIpc) is 2.48. The van der Waals surface area contributed by atoms with Crippen LogP contribution in [0.4, 0.5) is 0 Å². The van der Waals surface area contributed by atoms with Crippen LogP contribution in [-0.2, 0) is 6.42 Å². The zero-order valence-electron chi connectivity index (χ0n) is 11.1. The van der Waals surface area contributed by atoms with Crippen LogP contribution in [0.1, 0.15) is 23.7 Å². The monoisotopic (exact) mass is 354 g/mol. The van der Waals surface area contributed by atoms with Crippen LogP contribution in [-0.4, -0.2) is 12.2 Å². The second-order valence-corrected chi connectivity index (χ2v) is 5.84. The first-order valence-corrected chi connectivity index (χ1v) is 7.53. The van der Waals surface area contributed by atoms with E-state index in [0.29, 0.717) is 11.4 Å². The first kappa shape index (κ1) is 15.4. The molecule has 2 nitrogen and oxygen atoms in total. The Bertz CT molecular complexity index is 569. The summed E-state index contributed by atoms with van der Waals surface area (Å²) in [5.41, 5.74) is 2.01. The third-order valence-corrected chi connectivity index (χ3v) is 4.43. The third-order valence-electron chi connectivity index (χ3n) is 3.19. The van der Waals surface area contributed by atoms with E-state index in [1.807, 2.05) is 36.4 Å². The van der Waals surface area contributed by atoms with Crippen molar-refractivity contribution < 1.29 is 9.84 Å². The van der Waals surface area contributed by atoms with E-state index < -0.39 is 6.10 Å². The van der Waals surface area contributed by atoms with Crippen LogP contribution < -0.4 is 4.74 Å². The molecular formula is C16H16BrClO2. The number of hydrogen-bond donors (Lipinski definition) is 1. The lowest BCUT2D eigenvalue weighted by Crippen LogP contribution is -2.00. The van der Waals surface area contributed by atoms with Gasteiger partial charge in [-0.2, -0.15) is 0 Å². The van der Waals surface area contributed by atoms with Gasteiger partial charge in [0.1, 0.15) is 5.75 Å². The number of ether oxygens (including phenoxy) is 1. The van der Waals surface area contributed by atoms with Crippen molar-refractivity contribution in [2.75, 3.05) is 7.11 Å². The molecule has 1 N–H and O–H groups in total. The van der Waals surface area contributed by atoms with Crippen molar-refractivity contribution in [2.24, 2.45) is 0 Å². The Morgan fingerprint density at radius 1 is 1.20 bits per heavy atom. The molecule has 106 valence electrons. The molecule has 20 heavy (non-hydrogen) atoms. The van der Waals surface area contributed by atoms with Crippen molar-refractivity contribution in [3.8, 4) is 5.75 Å². The van der Waals surface area contributed by atoms with Gasteiger partial charge in [0.2, 0.25) is 0 Å². The summed E-state index contributed by atoms with van der Waals surface area (Å²) in [6, 6.07) is 13.4. The molecule has 0 spiro atoms. The molecule has 2 rings (SSSR count). The molecule has 0 aliphatic carbocycles. The van der Waals surface area contributed by atoms with Crippen molar-refractivity contribution >= 4 is 27.5 Å². The zero-order valence-corrected chi connectivity index (χ0v) is 13.5. The topological polar surface area (TPSA) is 29.5 Å². The Balaban J connectivity index is 1.96. The van der Waals surface area contributed by atoms with Crippen molar-refractivity contribution in [3.05, 3.63) is 63.1 Å². The molecule has 0 fully saturated rings. The molecule has 2 aromatic carbocycles. The van der Waals surface area contributed by atoms with Crippen LogP contribution in [0, 0.1) is 0 Å². The minimum absolute atomic E-state index is 0.511. The molecule has 0 bridgehead atoms.